The molecule has 0 atom stereocenters. The van der Waals surface area contributed by atoms with Gasteiger partial charge in [-0.15, -0.1) is 5.26 Å². The van der Waals surface area contributed by atoms with Gasteiger partial charge in [-0.3, -0.25) is 14.4 Å². The molecule has 0 aromatic rings. The standard InChI is InChI=1S/C3H4N2O2.C2H4O2/c1-3(6)5-7-2-4;1-2(3)4/h1H3,(H,5,6);1H3,(H,3,4). The molecule has 0 heterocycles. The first kappa shape index (κ1) is 12.0. The molecular weight excluding hydrogens is 152 g/mol. The maximum Gasteiger partial charge on any atom is 0.314 e. The summed E-state index contributed by atoms with van der Waals surface area (Å²) >= 11 is 0. The Balaban J connectivity index is 0. The molecule has 1 amide bonds. The van der Waals surface area contributed by atoms with Crippen molar-refractivity contribution >= 4 is 11.9 Å². The zero-order chi connectivity index (χ0) is 9.28. The lowest BCUT2D eigenvalue weighted by atomic mass is 10.8. The molecule has 0 saturated heterocycles. The molecule has 0 aliphatic carbocycles. The van der Waals surface area contributed by atoms with Gasteiger partial charge < -0.3 is 5.11 Å². The van der Waals surface area contributed by atoms with Crippen molar-refractivity contribution in [2.45, 2.75) is 13.8 Å². The molecule has 6 heteroatoms. The number of carbonyl (C=O) groups is 2. The Morgan fingerprint density at radius 3 is 2.00 bits per heavy atom. The lowest BCUT2D eigenvalue weighted by Gasteiger charge is -1.88. The van der Waals surface area contributed by atoms with E-state index in [9.17, 15) is 4.79 Å². The van der Waals surface area contributed by atoms with Gasteiger partial charge in [-0.25, -0.2) is 0 Å². The van der Waals surface area contributed by atoms with Crippen LogP contribution in [0.1, 0.15) is 13.8 Å². The molecule has 0 bridgehead atoms. The molecule has 0 rings (SSSR count). The topological polar surface area (TPSA) is 99.4 Å². The molecule has 0 aliphatic heterocycles. The largest absolute Gasteiger partial charge is 0.481 e. The van der Waals surface area contributed by atoms with Crippen LogP contribution >= 0.6 is 0 Å². The fourth-order valence-corrected chi connectivity index (χ4v) is 0.0947. The molecule has 0 fully saturated rings. The lowest BCUT2D eigenvalue weighted by molar-refractivity contribution is -0.134. The molecule has 0 aromatic heterocycles. The Bertz CT molecular complexity index is 168. The zero-order valence-electron chi connectivity index (χ0n) is 6.12. The fourth-order valence-electron chi connectivity index (χ4n) is 0.0947. The van der Waals surface area contributed by atoms with Gasteiger partial charge in [-0.2, -0.15) is 5.48 Å². The van der Waals surface area contributed by atoms with E-state index < -0.39 is 5.97 Å². The van der Waals surface area contributed by atoms with Gasteiger partial charge in [-0.05, 0) is 0 Å². The van der Waals surface area contributed by atoms with Gasteiger partial charge >= 0.3 is 6.26 Å². The molecule has 6 nitrogen and oxygen atoms in total. The normalized spacial score (nSPS) is 6.27. The second-order valence-corrected chi connectivity index (χ2v) is 1.37. The third-order valence-corrected chi connectivity index (χ3v) is 0.240. The summed E-state index contributed by atoms with van der Waals surface area (Å²) in [5.74, 6) is -1.22. The summed E-state index contributed by atoms with van der Waals surface area (Å²) in [6.07, 6.45) is 1.27. The highest BCUT2D eigenvalue weighted by Crippen LogP contribution is 1.57. The van der Waals surface area contributed by atoms with Crippen molar-refractivity contribution < 1.29 is 19.5 Å². The Hall–Kier alpha value is -1.77. The van der Waals surface area contributed by atoms with Crippen LogP contribution < -0.4 is 5.48 Å². The summed E-state index contributed by atoms with van der Waals surface area (Å²) in [6.45, 7) is 2.33. The summed E-state index contributed by atoms with van der Waals surface area (Å²) in [4.78, 5) is 22.6. The van der Waals surface area contributed by atoms with Crippen LogP contribution in [0.3, 0.4) is 0 Å². The van der Waals surface area contributed by atoms with Crippen molar-refractivity contribution in [3.05, 3.63) is 0 Å². The number of carbonyl (C=O) groups excluding carboxylic acids is 1. The van der Waals surface area contributed by atoms with Crippen LogP contribution in [0.5, 0.6) is 0 Å². The zero-order valence-corrected chi connectivity index (χ0v) is 6.12. The van der Waals surface area contributed by atoms with Crippen molar-refractivity contribution in [3.8, 4) is 6.26 Å². The Labute approximate surface area is 63.3 Å². The lowest BCUT2D eigenvalue weighted by Crippen LogP contribution is -2.16. The first-order valence-corrected chi connectivity index (χ1v) is 2.51. The van der Waals surface area contributed by atoms with Crippen LogP contribution in [-0.2, 0) is 14.4 Å². The van der Waals surface area contributed by atoms with Gasteiger partial charge in [0.15, 0.2) is 0 Å². The average Bonchev–Trinajstić information content (AvgIpc) is 1.82. The van der Waals surface area contributed by atoms with Crippen LogP contribution in [-0.4, -0.2) is 17.0 Å². The second-order valence-electron chi connectivity index (χ2n) is 1.37. The van der Waals surface area contributed by atoms with Crippen molar-refractivity contribution in [1.82, 2.24) is 5.48 Å². The molecule has 62 valence electrons. The third-order valence-electron chi connectivity index (χ3n) is 0.240. The summed E-state index contributed by atoms with van der Waals surface area (Å²) in [5, 5.41) is 15.0. The quantitative estimate of drug-likeness (QED) is 0.402. The van der Waals surface area contributed by atoms with Crippen LogP contribution in [0.15, 0.2) is 0 Å². The number of amides is 1. The highest BCUT2D eigenvalue weighted by Gasteiger charge is 1.83. The Morgan fingerprint density at radius 2 is 1.91 bits per heavy atom. The molecule has 0 unspecified atom stereocenters. The van der Waals surface area contributed by atoms with Gasteiger partial charge in [0, 0.05) is 13.8 Å². The minimum atomic E-state index is -0.833. The fraction of sp³-hybridized carbons (Fsp3) is 0.400. The van der Waals surface area contributed by atoms with Crippen LogP contribution in [0.4, 0.5) is 0 Å². The highest BCUT2D eigenvalue weighted by atomic mass is 16.6. The number of hydrogen-bond acceptors (Lipinski definition) is 4. The number of carboxylic acid groups (broad SMARTS) is 1. The van der Waals surface area contributed by atoms with E-state index in [4.69, 9.17) is 15.2 Å². The summed E-state index contributed by atoms with van der Waals surface area (Å²) in [6, 6.07) is 0. The minimum Gasteiger partial charge on any atom is -0.481 e. The van der Waals surface area contributed by atoms with Crippen LogP contribution in [0, 0.1) is 11.5 Å². The van der Waals surface area contributed by atoms with Crippen LogP contribution in [0.2, 0.25) is 0 Å². The number of hydroxylamine groups is 1. The van der Waals surface area contributed by atoms with Crippen molar-refractivity contribution in [1.29, 1.82) is 5.26 Å². The van der Waals surface area contributed by atoms with E-state index in [1.54, 1.807) is 5.48 Å². The van der Waals surface area contributed by atoms with E-state index in [0.29, 0.717) is 0 Å². The van der Waals surface area contributed by atoms with Gasteiger partial charge in [-0.1, -0.05) is 0 Å². The highest BCUT2D eigenvalue weighted by molar-refractivity contribution is 5.71. The van der Waals surface area contributed by atoms with Gasteiger partial charge in [0.2, 0.25) is 5.91 Å². The number of rotatable bonds is 1. The monoisotopic (exact) mass is 160 g/mol. The van der Waals surface area contributed by atoms with Gasteiger partial charge in [0.25, 0.3) is 5.97 Å². The van der Waals surface area contributed by atoms with E-state index >= 15 is 0 Å². The number of nitrogens with zero attached hydrogens (tertiary/aromatic N) is 1. The van der Waals surface area contributed by atoms with Crippen molar-refractivity contribution in [2.75, 3.05) is 0 Å². The van der Waals surface area contributed by atoms with E-state index in [1.165, 1.54) is 13.2 Å². The molecule has 0 saturated carbocycles. The average molecular weight is 160 g/mol. The molecule has 0 spiro atoms. The third kappa shape index (κ3) is 64.2. The predicted octanol–water partition coefficient (Wildman–Crippen LogP) is -0.374. The van der Waals surface area contributed by atoms with Crippen molar-refractivity contribution in [3.63, 3.8) is 0 Å². The second kappa shape index (κ2) is 8.23. The number of nitrogens with one attached hydrogen (secondary N) is 1. The first-order chi connectivity index (χ1) is 5.00. The molecule has 0 aromatic carbocycles. The number of hydrogen-bond donors (Lipinski definition) is 2. The Morgan fingerprint density at radius 1 is 1.55 bits per heavy atom. The molecule has 2 N–H and O–H groups in total. The van der Waals surface area contributed by atoms with E-state index in [1.807, 2.05) is 0 Å². The summed E-state index contributed by atoms with van der Waals surface area (Å²) in [7, 11) is 0. The maximum absolute atomic E-state index is 9.82. The first-order valence-electron chi connectivity index (χ1n) is 2.51. The summed E-state index contributed by atoms with van der Waals surface area (Å²) in [5.41, 5.74) is 1.80. The van der Waals surface area contributed by atoms with E-state index in [2.05, 4.69) is 4.84 Å². The van der Waals surface area contributed by atoms with Gasteiger partial charge in [0.1, 0.15) is 0 Å². The number of carboxylic acids is 1. The number of nitriles is 1. The van der Waals surface area contributed by atoms with E-state index in [0.717, 1.165) is 6.92 Å². The Kier molecular flexibility index (Phi) is 8.95. The van der Waals surface area contributed by atoms with Crippen molar-refractivity contribution in [2.24, 2.45) is 0 Å². The molecule has 0 aliphatic rings. The van der Waals surface area contributed by atoms with E-state index in [-0.39, 0.29) is 5.91 Å². The predicted molar refractivity (Wildman–Crippen MR) is 33.8 cm³/mol. The number of aliphatic carboxylic acids is 1. The molecule has 0 radical (unpaired) electrons. The summed E-state index contributed by atoms with van der Waals surface area (Å²) < 4.78 is 0. The SMILES string of the molecule is CC(=O)NOC#N.CC(=O)O. The smallest absolute Gasteiger partial charge is 0.314 e. The minimum absolute atomic E-state index is 0.387. The van der Waals surface area contributed by atoms with Crippen LogP contribution in [0.25, 0.3) is 0 Å². The molecular formula is C5H8N2O4. The maximum atomic E-state index is 9.82. The molecule has 11 heavy (non-hydrogen) atoms. The van der Waals surface area contributed by atoms with Gasteiger partial charge in [0.05, 0.1) is 0 Å².